The maximum Gasteiger partial charge on any atom is 0.187 e. The molecule has 4 nitrogen and oxygen atoms in total. The van der Waals surface area contributed by atoms with Crippen molar-refractivity contribution in [3.63, 3.8) is 0 Å². The van der Waals surface area contributed by atoms with Crippen molar-refractivity contribution in [1.82, 2.24) is 15.0 Å². The summed E-state index contributed by atoms with van der Waals surface area (Å²) in [7, 11) is 0. The van der Waals surface area contributed by atoms with E-state index in [4.69, 9.17) is 21.5 Å². The van der Waals surface area contributed by atoms with E-state index in [2.05, 4.69) is 108 Å². The average Bonchev–Trinajstić information content (AvgIpc) is 3.68. The van der Waals surface area contributed by atoms with Gasteiger partial charge in [-0.2, -0.15) is 0 Å². The van der Waals surface area contributed by atoms with Crippen LogP contribution in [0.2, 0.25) is 0 Å². The van der Waals surface area contributed by atoms with Crippen LogP contribution in [0.5, 0.6) is 0 Å². The van der Waals surface area contributed by atoms with Crippen LogP contribution >= 0.6 is 0 Å². The second kappa shape index (κ2) is 11.3. The summed E-state index contributed by atoms with van der Waals surface area (Å²) in [5.41, 5.74) is 15.1. The third-order valence-corrected chi connectivity index (χ3v) is 10.4. The predicted molar refractivity (Wildman–Crippen MR) is 204 cm³/mol. The number of benzene rings is 7. The van der Waals surface area contributed by atoms with Crippen LogP contribution in [-0.2, 0) is 5.41 Å². The predicted octanol–water partition coefficient (Wildman–Crippen LogP) is 11.4. The second-order valence-electron chi connectivity index (χ2n) is 13.1. The lowest BCUT2D eigenvalue weighted by atomic mass is 9.70. The van der Waals surface area contributed by atoms with Gasteiger partial charge in [0.1, 0.15) is 0 Å². The minimum Gasteiger partial charge on any atom is -0.238 e. The van der Waals surface area contributed by atoms with E-state index in [-0.39, 0.29) is 0 Å². The maximum atomic E-state index is 7.87. The van der Waals surface area contributed by atoms with Gasteiger partial charge in [-0.1, -0.05) is 164 Å². The highest BCUT2D eigenvalue weighted by molar-refractivity contribution is 5.96. The van der Waals surface area contributed by atoms with E-state index >= 15 is 0 Å². The first-order chi connectivity index (χ1) is 25.2. The molecule has 8 aromatic rings. The molecule has 0 aliphatic heterocycles. The maximum absolute atomic E-state index is 7.87. The summed E-state index contributed by atoms with van der Waals surface area (Å²) in [5, 5.41) is 0. The molecule has 0 amide bonds. The monoisotopic (exact) mass is 648 g/mol. The van der Waals surface area contributed by atoms with E-state index < -0.39 is 5.41 Å². The lowest BCUT2D eigenvalue weighted by Crippen LogP contribution is -2.25. The van der Waals surface area contributed by atoms with Crippen molar-refractivity contribution in [2.75, 3.05) is 0 Å². The van der Waals surface area contributed by atoms with Gasteiger partial charge in [0.25, 0.3) is 0 Å². The van der Waals surface area contributed by atoms with Gasteiger partial charge in [-0.15, -0.1) is 0 Å². The topological polar surface area (TPSA) is 43.0 Å². The van der Waals surface area contributed by atoms with Crippen molar-refractivity contribution in [3.8, 4) is 67.5 Å². The second-order valence-corrected chi connectivity index (χ2v) is 13.1. The summed E-state index contributed by atoms with van der Waals surface area (Å²) >= 11 is 0. The molecule has 0 saturated heterocycles. The van der Waals surface area contributed by atoms with Gasteiger partial charge in [0.2, 0.25) is 0 Å². The van der Waals surface area contributed by atoms with Gasteiger partial charge in [0, 0.05) is 16.7 Å². The first-order valence-corrected chi connectivity index (χ1v) is 17.1. The smallest absolute Gasteiger partial charge is 0.187 e. The quantitative estimate of drug-likeness (QED) is 0.178. The lowest BCUT2D eigenvalue weighted by molar-refractivity contribution is 0.794. The largest absolute Gasteiger partial charge is 0.238 e. The van der Waals surface area contributed by atoms with Crippen LogP contribution in [0.3, 0.4) is 0 Å². The van der Waals surface area contributed by atoms with Crippen LogP contribution in [0.15, 0.2) is 170 Å². The molecule has 0 fully saturated rings. The van der Waals surface area contributed by atoms with Gasteiger partial charge < -0.3 is 0 Å². The molecule has 1 heterocycles. The Kier molecular flexibility index (Phi) is 6.43. The molecule has 2 aliphatic carbocycles. The number of rotatable bonds is 4. The molecule has 2 aliphatic rings. The van der Waals surface area contributed by atoms with E-state index in [1.807, 2.05) is 66.7 Å². The molecular formula is C47H28N4. The van der Waals surface area contributed by atoms with Crippen LogP contribution in [0.25, 0.3) is 72.4 Å². The Morgan fingerprint density at radius 3 is 1.37 bits per heavy atom. The summed E-state index contributed by atoms with van der Waals surface area (Å²) in [6.07, 6.45) is 0. The molecule has 10 rings (SSSR count). The third kappa shape index (κ3) is 4.35. The number of hydrogen-bond donors (Lipinski definition) is 0. The minimum absolute atomic E-state index is 0.480. The standard InChI is InChI=1S/C47H28N4/c1-48-35-25-26-38-39-28-34(24-27-42(39)47(43(38)29-35)40-18-10-8-16-36(40)37-17-9-11-19-41(37)47)30-20-22-33(23-21-30)46-50-44(31-12-4-2-5-13-31)49-45(51-46)32-14-6-3-7-15-32/h2-29H. The van der Waals surface area contributed by atoms with E-state index in [1.165, 1.54) is 44.5 Å². The van der Waals surface area contributed by atoms with Crippen molar-refractivity contribution in [1.29, 1.82) is 0 Å². The Morgan fingerprint density at radius 1 is 0.353 bits per heavy atom. The van der Waals surface area contributed by atoms with E-state index in [1.54, 1.807) is 0 Å². The van der Waals surface area contributed by atoms with Crippen LogP contribution < -0.4 is 0 Å². The fourth-order valence-electron chi connectivity index (χ4n) is 8.13. The highest BCUT2D eigenvalue weighted by atomic mass is 15.0. The van der Waals surface area contributed by atoms with E-state index in [0.29, 0.717) is 23.2 Å². The normalized spacial score (nSPS) is 12.8. The molecule has 1 spiro atoms. The molecule has 51 heavy (non-hydrogen) atoms. The molecule has 0 radical (unpaired) electrons. The summed E-state index contributed by atoms with van der Waals surface area (Å²) < 4.78 is 0. The summed E-state index contributed by atoms with van der Waals surface area (Å²) in [6, 6.07) is 59.2. The van der Waals surface area contributed by atoms with Crippen LogP contribution in [-0.4, -0.2) is 15.0 Å². The van der Waals surface area contributed by atoms with Gasteiger partial charge in [-0.25, -0.2) is 19.8 Å². The van der Waals surface area contributed by atoms with Crippen molar-refractivity contribution < 1.29 is 0 Å². The minimum atomic E-state index is -0.480. The zero-order chi connectivity index (χ0) is 33.9. The summed E-state index contributed by atoms with van der Waals surface area (Å²) in [5.74, 6) is 1.92. The zero-order valence-electron chi connectivity index (χ0n) is 27.5. The number of nitrogens with zero attached hydrogens (tertiary/aromatic N) is 4. The summed E-state index contributed by atoms with van der Waals surface area (Å²) in [4.78, 5) is 18.5. The van der Waals surface area contributed by atoms with Gasteiger partial charge in [0.05, 0.1) is 12.0 Å². The van der Waals surface area contributed by atoms with Crippen molar-refractivity contribution in [3.05, 3.63) is 204 Å². The van der Waals surface area contributed by atoms with Gasteiger partial charge in [-0.05, 0) is 61.7 Å². The SMILES string of the molecule is [C-]#[N+]c1ccc2c(c1)C1(c3ccccc3-c3ccccc31)c1ccc(-c3ccc(-c4nc(-c5ccccc5)nc(-c5ccccc5)n4)cc3)cc1-2. The molecule has 7 aromatic carbocycles. The Hall–Kier alpha value is -6.96. The molecule has 0 unspecified atom stereocenters. The summed E-state index contributed by atoms with van der Waals surface area (Å²) in [6.45, 7) is 7.87. The van der Waals surface area contributed by atoms with Crippen LogP contribution in [0.1, 0.15) is 22.3 Å². The van der Waals surface area contributed by atoms with Gasteiger partial charge >= 0.3 is 0 Å². The first-order valence-electron chi connectivity index (χ1n) is 17.1. The molecule has 1 aromatic heterocycles. The Bertz CT molecular complexity index is 2590. The zero-order valence-corrected chi connectivity index (χ0v) is 27.5. The molecule has 4 heteroatoms. The molecule has 0 atom stereocenters. The van der Waals surface area contributed by atoms with Gasteiger partial charge in [-0.3, -0.25) is 0 Å². The molecule has 236 valence electrons. The molecule has 0 saturated carbocycles. The van der Waals surface area contributed by atoms with E-state index in [9.17, 15) is 0 Å². The average molecular weight is 649 g/mol. The number of fused-ring (bicyclic) bond motifs is 10. The van der Waals surface area contributed by atoms with Crippen LogP contribution in [0.4, 0.5) is 5.69 Å². The highest BCUT2D eigenvalue weighted by Gasteiger charge is 2.51. The lowest BCUT2D eigenvalue weighted by Gasteiger charge is -2.30. The Labute approximate surface area is 296 Å². The fourth-order valence-corrected chi connectivity index (χ4v) is 8.13. The van der Waals surface area contributed by atoms with Gasteiger partial charge in [0.15, 0.2) is 23.2 Å². The van der Waals surface area contributed by atoms with Crippen molar-refractivity contribution in [2.45, 2.75) is 5.41 Å². The number of aromatic nitrogens is 3. The molecular weight excluding hydrogens is 621 g/mol. The van der Waals surface area contributed by atoms with Crippen molar-refractivity contribution in [2.24, 2.45) is 0 Å². The molecule has 0 bridgehead atoms. The van der Waals surface area contributed by atoms with E-state index in [0.717, 1.165) is 27.8 Å². The third-order valence-electron chi connectivity index (χ3n) is 10.4. The molecule has 0 N–H and O–H groups in total. The fraction of sp³-hybridized carbons (Fsp3) is 0.0213. The number of hydrogen-bond acceptors (Lipinski definition) is 3. The highest BCUT2D eigenvalue weighted by Crippen LogP contribution is 2.63. The Morgan fingerprint density at radius 2 is 0.804 bits per heavy atom. The Balaban J connectivity index is 1.10. The first kappa shape index (κ1) is 29.0. The van der Waals surface area contributed by atoms with Crippen LogP contribution in [0, 0.1) is 6.57 Å². The van der Waals surface area contributed by atoms with Crippen molar-refractivity contribution >= 4 is 5.69 Å².